The van der Waals surface area contributed by atoms with Gasteiger partial charge >= 0.3 is 0 Å². The van der Waals surface area contributed by atoms with Gasteiger partial charge in [-0.3, -0.25) is 0 Å². The molecule has 0 amide bonds. The third-order valence-corrected chi connectivity index (χ3v) is 5.31. The minimum Gasteiger partial charge on any atom is -0.399 e. The van der Waals surface area contributed by atoms with Crippen molar-refractivity contribution in [3.63, 3.8) is 0 Å². The van der Waals surface area contributed by atoms with Gasteiger partial charge in [0.05, 0.1) is 5.71 Å². The zero-order valence-electron chi connectivity index (χ0n) is 14.4. The van der Waals surface area contributed by atoms with Crippen molar-refractivity contribution in [2.24, 2.45) is 5.16 Å². The topological polar surface area (TPSA) is 33.6 Å². The molecule has 1 fully saturated rings. The van der Waals surface area contributed by atoms with Gasteiger partial charge in [0.25, 0.3) is 0 Å². The van der Waals surface area contributed by atoms with Crippen molar-refractivity contribution >= 4 is 22.1 Å². The molecular formula is C21H24N2O. The van der Waals surface area contributed by atoms with Gasteiger partial charge in [-0.2, -0.15) is 0 Å². The Morgan fingerprint density at radius 2 is 2.00 bits per heavy atom. The highest BCUT2D eigenvalue weighted by atomic mass is 16.6. The number of benzene rings is 2. The SMILES string of the molecule is CCC(=NOC)C1=C(c2ccc3ccccc3c2)CC2CC[C@@H]1N2. The molecule has 0 radical (unpaired) electrons. The van der Waals surface area contributed by atoms with Crippen LogP contribution in [0.1, 0.15) is 38.2 Å². The van der Waals surface area contributed by atoms with Crippen LogP contribution < -0.4 is 5.32 Å². The lowest BCUT2D eigenvalue weighted by Gasteiger charge is -2.29. The first-order valence-electron chi connectivity index (χ1n) is 8.88. The molecule has 0 aliphatic carbocycles. The van der Waals surface area contributed by atoms with Gasteiger partial charge in [0.2, 0.25) is 0 Å². The normalized spacial score (nSPS) is 23.8. The Morgan fingerprint density at radius 3 is 2.79 bits per heavy atom. The molecule has 1 saturated heterocycles. The molecule has 3 heteroatoms. The number of fused-ring (bicyclic) bond motifs is 3. The van der Waals surface area contributed by atoms with Gasteiger partial charge in [0.1, 0.15) is 7.11 Å². The van der Waals surface area contributed by atoms with E-state index >= 15 is 0 Å². The molecule has 2 aliphatic heterocycles. The molecule has 1 unspecified atom stereocenters. The number of nitrogens with one attached hydrogen (secondary N) is 1. The summed E-state index contributed by atoms with van der Waals surface area (Å²) in [7, 11) is 1.64. The summed E-state index contributed by atoms with van der Waals surface area (Å²) in [5, 5.41) is 10.7. The van der Waals surface area contributed by atoms with E-state index in [1.54, 1.807) is 7.11 Å². The molecular weight excluding hydrogens is 296 g/mol. The summed E-state index contributed by atoms with van der Waals surface area (Å²) < 4.78 is 0. The minimum absolute atomic E-state index is 0.416. The molecule has 0 saturated carbocycles. The van der Waals surface area contributed by atoms with E-state index in [9.17, 15) is 0 Å². The summed E-state index contributed by atoms with van der Waals surface area (Å²) in [6.07, 6.45) is 4.41. The lowest BCUT2D eigenvalue weighted by Crippen LogP contribution is -2.38. The van der Waals surface area contributed by atoms with Crippen LogP contribution >= 0.6 is 0 Å². The van der Waals surface area contributed by atoms with Gasteiger partial charge < -0.3 is 10.2 Å². The average Bonchev–Trinajstić information content (AvgIpc) is 3.01. The first-order valence-corrected chi connectivity index (χ1v) is 8.88. The van der Waals surface area contributed by atoms with Crippen molar-refractivity contribution in [1.29, 1.82) is 0 Å². The van der Waals surface area contributed by atoms with Gasteiger partial charge in [-0.15, -0.1) is 0 Å². The summed E-state index contributed by atoms with van der Waals surface area (Å²) in [6, 6.07) is 16.4. The molecule has 124 valence electrons. The molecule has 4 rings (SSSR count). The van der Waals surface area contributed by atoms with E-state index in [-0.39, 0.29) is 0 Å². The Bertz CT molecular complexity index is 821. The first-order chi connectivity index (χ1) is 11.8. The van der Waals surface area contributed by atoms with Crippen LogP contribution in [0.4, 0.5) is 0 Å². The summed E-state index contributed by atoms with van der Waals surface area (Å²) in [5.41, 5.74) is 5.23. The average molecular weight is 320 g/mol. The maximum atomic E-state index is 5.13. The van der Waals surface area contributed by atoms with E-state index in [1.165, 1.54) is 40.3 Å². The highest BCUT2D eigenvalue weighted by Gasteiger charge is 2.36. The zero-order valence-corrected chi connectivity index (χ0v) is 14.4. The molecule has 0 aromatic heterocycles. The summed E-state index contributed by atoms with van der Waals surface area (Å²) in [5.74, 6) is 0. The predicted octanol–water partition coefficient (Wildman–Crippen LogP) is 4.53. The molecule has 2 aromatic rings. The van der Waals surface area contributed by atoms with Crippen LogP contribution in [0.3, 0.4) is 0 Å². The summed E-state index contributed by atoms with van der Waals surface area (Å²) >= 11 is 0. The monoisotopic (exact) mass is 320 g/mol. The van der Waals surface area contributed by atoms with Crippen LogP contribution in [0.25, 0.3) is 16.3 Å². The molecule has 0 spiro atoms. The Balaban J connectivity index is 1.88. The van der Waals surface area contributed by atoms with Gasteiger partial charge in [0.15, 0.2) is 0 Å². The third-order valence-electron chi connectivity index (χ3n) is 5.31. The Hall–Kier alpha value is -2.13. The van der Waals surface area contributed by atoms with Crippen molar-refractivity contribution in [3.05, 3.63) is 53.6 Å². The second kappa shape index (κ2) is 6.40. The van der Waals surface area contributed by atoms with E-state index in [0.29, 0.717) is 12.1 Å². The van der Waals surface area contributed by atoms with E-state index in [1.807, 2.05) is 0 Å². The van der Waals surface area contributed by atoms with Crippen molar-refractivity contribution in [3.8, 4) is 0 Å². The quantitative estimate of drug-likeness (QED) is 0.663. The van der Waals surface area contributed by atoms with Crippen LogP contribution in [0.5, 0.6) is 0 Å². The van der Waals surface area contributed by atoms with E-state index in [0.717, 1.165) is 18.6 Å². The standard InChI is InChI=1S/C21H24N2O/c1-3-19(23-24-2)21-18(13-17-10-11-20(21)22-17)16-9-8-14-6-4-5-7-15(14)12-16/h4-9,12,17,20,22H,3,10-11,13H2,1-2H3/t17?,20-/m0/s1. The fraction of sp³-hybridized carbons (Fsp3) is 0.381. The molecule has 2 atom stereocenters. The summed E-state index contributed by atoms with van der Waals surface area (Å²) in [6.45, 7) is 2.16. The molecule has 2 heterocycles. The third kappa shape index (κ3) is 2.63. The van der Waals surface area contributed by atoms with Gasteiger partial charge in [-0.05, 0) is 59.2 Å². The zero-order chi connectivity index (χ0) is 16.5. The fourth-order valence-corrected chi connectivity index (χ4v) is 4.21. The van der Waals surface area contributed by atoms with E-state index in [2.05, 4.69) is 59.9 Å². The number of oxime groups is 1. The van der Waals surface area contributed by atoms with Gasteiger partial charge in [-0.1, -0.05) is 48.5 Å². The molecule has 2 aliphatic rings. The van der Waals surface area contributed by atoms with E-state index in [4.69, 9.17) is 4.84 Å². The molecule has 1 N–H and O–H groups in total. The maximum absolute atomic E-state index is 5.13. The number of hydrogen-bond acceptors (Lipinski definition) is 3. The van der Waals surface area contributed by atoms with Crippen LogP contribution in [0.15, 0.2) is 53.2 Å². The maximum Gasteiger partial charge on any atom is 0.106 e. The Labute approximate surface area is 143 Å². The number of hydrogen-bond donors (Lipinski definition) is 1. The molecule has 3 nitrogen and oxygen atoms in total. The Morgan fingerprint density at radius 1 is 1.17 bits per heavy atom. The molecule has 2 bridgehead atoms. The van der Waals surface area contributed by atoms with Crippen LogP contribution in [0.2, 0.25) is 0 Å². The lowest BCUT2D eigenvalue weighted by molar-refractivity contribution is 0.212. The second-order valence-electron chi connectivity index (χ2n) is 6.73. The van der Waals surface area contributed by atoms with Crippen LogP contribution in [-0.4, -0.2) is 24.9 Å². The van der Waals surface area contributed by atoms with Crippen LogP contribution in [-0.2, 0) is 4.84 Å². The van der Waals surface area contributed by atoms with Gasteiger partial charge in [-0.25, -0.2) is 0 Å². The highest BCUT2D eigenvalue weighted by molar-refractivity contribution is 6.08. The minimum atomic E-state index is 0.416. The van der Waals surface area contributed by atoms with Crippen molar-refractivity contribution < 1.29 is 4.84 Å². The number of nitrogens with zero attached hydrogens (tertiary/aromatic N) is 1. The van der Waals surface area contributed by atoms with Crippen molar-refractivity contribution in [2.45, 2.75) is 44.7 Å². The molecule has 2 aromatic carbocycles. The highest BCUT2D eigenvalue weighted by Crippen LogP contribution is 2.39. The first kappa shape index (κ1) is 15.4. The second-order valence-corrected chi connectivity index (χ2v) is 6.73. The van der Waals surface area contributed by atoms with E-state index < -0.39 is 0 Å². The molecule has 24 heavy (non-hydrogen) atoms. The van der Waals surface area contributed by atoms with Crippen LogP contribution in [0, 0.1) is 0 Å². The summed E-state index contributed by atoms with van der Waals surface area (Å²) in [4.78, 5) is 5.13. The fourth-order valence-electron chi connectivity index (χ4n) is 4.21. The number of rotatable bonds is 4. The largest absolute Gasteiger partial charge is 0.399 e. The Kier molecular flexibility index (Phi) is 4.11. The van der Waals surface area contributed by atoms with Crippen molar-refractivity contribution in [1.82, 2.24) is 5.32 Å². The smallest absolute Gasteiger partial charge is 0.106 e. The lowest BCUT2D eigenvalue weighted by atomic mass is 9.86. The van der Waals surface area contributed by atoms with Gasteiger partial charge in [0, 0.05) is 12.1 Å². The predicted molar refractivity (Wildman–Crippen MR) is 100 cm³/mol. The van der Waals surface area contributed by atoms with Crippen molar-refractivity contribution in [2.75, 3.05) is 7.11 Å².